The summed E-state index contributed by atoms with van der Waals surface area (Å²) in [6, 6.07) is 16.5. The van der Waals surface area contributed by atoms with Crippen LogP contribution in [0.3, 0.4) is 0 Å². The van der Waals surface area contributed by atoms with Crippen molar-refractivity contribution in [2.24, 2.45) is 0 Å². The van der Waals surface area contributed by atoms with E-state index in [0.717, 1.165) is 28.2 Å². The van der Waals surface area contributed by atoms with Crippen LogP contribution in [0.2, 0.25) is 0 Å². The van der Waals surface area contributed by atoms with Crippen LogP contribution >= 0.6 is 0 Å². The molecular weight excluding hydrogens is 338 g/mol. The quantitative estimate of drug-likeness (QED) is 0.636. The molecule has 0 aliphatic carbocycles. The lowest BCUT2D eigenvalue weighted by molar-refractivity contribution is 0.101. The molecule has 0 unspecified atom stereocenters. The number of rotatable bonds is 5. The summed E-state index contributed by atoms with van der Waals surface area (Å²) in [5.41, 5.74) is 5.42. The van der Waals surface area contributed by atoms with Crippen molar-refractivity contribution < 1.29 is 9.59 Å². The smallest absolute Gasteiger partial charge is 0.274 e. The lowest BCUT2D eigenvalue weighted by Crippen LogP contribution is -2.14. The number of Topliss-reactive ketones (excluding diaryl/α,β-unsaturated/α-hetero) is 1. The fourth-order valence-electron chi connectivity index (χ4n) is 2.72. The Kier molecular flexibility index (Phi) is 5.31. The molecule has 0 radical (unpaired) electrons. The molecular formula is C22H21N3O2. The van der Waals surface area contributed by atoms with Crippen LogP contribution < -0.4 is 10.6 Å². The number of nitrogens with zero attached hydrogens (tertiary/aromatic N) is 1. The molecule has 0 spiro atoms. The highest BCUT2D eigenvalue weighted by molar-refractivity contribution is 6.03. The molecule has 0 saturated heterocycles. The minimum atomic E-state index is -0.257. The van der Waals surface area contributed by atoms with Crippen molar-refractivity contribution in [2.75, 3.05) is 10.6 Å². The van der Waals surface area contributed by atoms with E-state index >= 15 is 0 Å². The summed E-state index contributed by atoms with van der Waals surface area (Å²) >= 11 is 0. The molecule has 1 heterocycles. The second kappa shape index (κ2) is 7.83. The lowest BCUT2D eigenvalue weighted by Gasteiger charge is -2.10. The highest BCUT2D eigenvalue weighted by atomic mass is 16.2. The van der Waals surface area contributed by atoms with E-state index in [0.29, 0.717) is 11.3 Å². The van der Waals surface area contributed by atoms with Crippen LogP contribution in [0.4, 0.5) is 17.1 Å². The minimum absolute atomic E-state index is 0.00944. The number of aryl methyl sites for hydroxylation is 2. The largest absolute Gasteiger partial charge is 0.354 e. The van der Waals surface area contributed by atoms with Gasteiger partial charge in [-0.1, -0.05) is 29.8 Å². The number of hydrogen-bond acceptors (Lipinski definition) is 4. The minimum Gasteiger partial charge on any atom is -0.354 e. The van der Waals surface area contributed by atoms with Gasteiger partial charge in [-0.05, 0) is 56.7 Å². The van der Waals surface area contributed by atoms with Crippen molar-refractivity contribution in [1.82, 2.24) is 4.98 Å². The average molecular weight is 359 g/mol. The van der Waals surface area contributed by atoms with E-state index in [-0.39, 0.29) is 11.7 Å². The maximum atomic E-state index is 12.4. The number of carbonyl (C=O) groups excluding carboxylic acids is 2. The molecule has 27 heavy (non-hydrogen) atoms. The van der Waals surface area contributed by atoms with E-state index in [4.69, 9.17) is 0 Å². The fraction of sp³-hybridized carbons (Fsp3) is 0.136. The molecule has 5 nitrogen and oxygen atoms in total. The number of ketones is 1. The molecule has 0 aliphatic heterocycles. The first-order valence-corrected chi connectivity index (χ1v) is 8.65. The second-order valence-corrected chi connectivity index (χ2v) is 6.47. The summed E-state index contributed by atoms with van der Waals surface area (Å²) in [5, 5.41) is 6.07. The SMILES string of the molecule is CC(=O)c1cccc(Nc2ccc(C(=O)Nc3ccc(C)cc3C)nc2)c1. The first kappa shape index (κ1) is 18.3. The highest BCUT2D eigenvalue weighted by Gasteiger charge is 2.09. The Morgan fingerprint density at radius 1 is 0.926 bits per heavy atom. The van der Waals surface area contributed by atoms with Crippen molar-refractivity contribution in [1.29, 1.82) is 0 Å². The fourth-order valence-corrected chi connectivity index (χ4v) is 2.72. The zero-order valence-corrected chi connectivity index (χ0v) is 15.5. The van der Waals surface area contributed by atoms with Gasteiger partial charge in [0.25, 0.3) is 5.91 Å². The normalized spacial score (nSPS) is 10.3. The highest BCUT2D eigenvalue weighted by Crippen LogP contribution is 2.19. The van der Waals surface area contributed by atoms with E-state index in [1.165, 1.54) is 6.92 Å². The van der Waals surface area contributed by atoms with Crippen LogP contribution in [0, 0.1) is 13.8 Å². The molecule has 1 amide bonds. The molecule has 0 atom stereocenters. The molecule has 0 aliphatic rings. The molecule has 0 fully saturated rings. The van der Waals surface area contributed by atoms with Crippen LogP contribution in [0.15, 0.2) is 60.8 Å². The number of nitrogens with one attached hydrogen (secondary N) is 2. The van der Waals surface area contributed by atoms with Gasteiger partial charge in [0, 0.05) is 16.9 Å². The molecule has 136 valence electrons. The van der Waals surface area contributed by atoms with Gasteiger partial charge < -0.3 is 10.6 Å². The molecule has 3 aromatic rings. The molecule has 5 heteroatoms. The standard InChI is InChI=1S/C22H21N3O2/c1-14-7-9-20(15(2)11-14)25-22(27)21-10-8-19(13-23-21)24-18-6-4-5-17(12-18)16(3)26/h4-13,24H,1-3H3,(H,25,27). The zero-order valence-electron chi connectivity index (χ0n) is 15.5. The third-order valence-corrected chi connectivity index (χ3v) is 4.18. The van der Waals surface area contributed by atoms with Crippen LogP contribution in [0.25, 0.3) is 0 Å². The number of anilines is 3. The monoisotopic (exact) mass is 359 g/mol. The molecule has 2 N–H and O–H groups in total. The van der Waals surface area contributed by atoms with Crippen molar-refractivity contribution in [2.45, 2.75) is 20.8 Å². The summed E-state index contributed by atoms with van der Waals surface area (Å²) in [4.78, 5) is 28.1. The van der Waals surface area contributed by atoms with Gasteiger partial charge in [-0.2, -0.15) is 0 Å². The zero-order chi connectivity index (χ0) is 19.4. The summed E-state index contributed by atoms with van der Waals surface area (Å²) in [6.07, 6.45) is 1.59. The Bertz CT molecular complexity index is 995. The predicted molar refractivity (Wildman–Crippen MR) is 108 cm³/mol. The molecule has 1 aromatic heterocycles. The Morgan fingerprint density at radius 2 is 1.74 bits per heavy atom. The summed E-state index contributed by atoms with van der Waals surface area (Å²) in [5.74, 6) is -0.248. The van der Waals surface area contributed by atoms with Gasteiger partial charge in [-0.15, -0.1) is 0 Å². The van der Waals surface area contributed by atoms with Crippen LogP contribution in [0.1, 0.15) is 38.9 Å². The predicted octanol–water partition coefficient (Wildman–Crippen LogP) is 4.90. The first-order valence-electron chi connectivity index (χ1n) is 8.65. The number of carbonyl (C=O) groups is 2. The van der Waals surface area contributed by atoms with Crippen molar-refractivity contribution in [3.63, 3.8) is 0 Å². The van der Waals surface area contributed by atoms with Crippen LogP contribution in [-0.2, 0) is 0 Å². The van der Waals surface area contributed by atoms with Gasteiger partial charge in [0.05, 0.1) is 11.9 Å². The van der Waals surface area contributed by atoms with Gasteiger partial charge in [0.15, 0.2) is 5.78 Å². The number of benzene rings is 2. The van der Waals surface area contributed by atoms with Gasteiger partial charge >= 0.3 is 0 Å². The summed E-state index contributed by atoms with van der Waals surface area (Å²) in [7, 11) is 0. The third-order valence-electron chi connectivity index (χ3n) is 4.18. The van der Waals surface area contributed by atoms with Gasteiger partial charge in [0.1, 0.15) is 5.69 Å². The molecule has 0 saturated carbocycles. The number of pyridine rings is 1. The number of hydrogen-bond donors (Lipinski definition) is 2. The van der Waals surface area contributed by atoms with E-state index in [1.54, 1.807) is 30.5 Å². The second-order valence-electron chi connectivity index (χ2n) is 6.47. The van der Waals surface area contributed by atoms with E-state index in [9.17, 15) is 9.59 Å². The van der Waals surface area contributed by atoms with Crippen LogP contribution in [-0.4, -0.2) is 16.7 Å². The Morgan fingerprint density at radius 3 is 2.41 bits per heavy atom. The Balaban J connectivity index is 1.70. The Hall–Kier alpha value is -3.47. The third kappa shape index (κ3) is 4.58. The van der Waals surface area contributed by atoms with Gasteiger partial charge in [0.2, 0.25) is 0 Å². The van der Waals surface area contributed by atoms with Gasteiger partial charge in [-0.3, -0.25) is 9.59 Å². The van der Waals surface area contributed by atoms with E-state index < -0.39 is 0 Å². The molecule has 0 bridgehead atoms. The van der Waals surface area contributed by atoms with Crippen molar-refractivity contribution in [3.05, 3.63) is 83.2 Å². The molecule has 3 rings (SSSR count). The maximum Gasteiger partial charge on any atom is 0.274 e. The van der Waals surface area contributed by atoms with Crippen molar-refractivity contribution >= 4 is 28.8 Å². The van der Waals surface area contributed by atoms with E-state index in [1.807, 2.05) is 44.2 Å². The topological polar surface area (TPSA) is 71.1 Å². The number of aromatic nitrogens is 1. The van der Waals surface area contributed by atoms with E-state index in [2.05, 4.69) is 15.6 Å². The maximum absolute atomic E-state index is 12.4. The van der Waals surface area contributed by atoms with Gasteiger partial charge in [-0.25, -0.2) is 4.98 Å². The Labute approximate surface area is 158 Å². The molecule has 2 aromatic carbocycles. The number of amides is 1. The summed E-state index contributed by atoms with van der Waals surface area (Å²) < 4.78 is 0. The van der Waals surface area contributed by atoms with Crippen molar-refractivity contribution in [3.8, 4) is 0 Å². The summed E-state index contributed by atoms with van der Waals surface area (Å²) in [6.45, 7) is 5.50. The first-order chi connectivity index (χ1) is 12.9. The average Bonchev–Trinajstić information content (AvgIpc) is 2.65. The lowest BCUT2D eigenvalue weighted by atomic mass is 10.1. The van der Waals surface area contributed by atoms with Crippen LogP contribution in [0.5, 0.6) is 0 Å².